The largest absolute Gasteiger partial charge is 0.369 e. The van der Waals surface area contributed by atoms with E-state index in [1.807, 2.05) is 24.3 Å². The Kier molecular flexibility index (Phi) is 6.08. The number of amides is 2. The Morgan fingerprint density at radius 3 is 2.46 bits per heavy atom. The predicted octanol–water partition coefficient (Wildman–Crippen LogP) is 1.20. The molecular formula is C17H20ClN5O3. The van der Waals surface area contributed by atoms with Gasteiger partial charge < -0.3 is 14.7 Å². The SMILES string of the molecule is O=C(NCCN1CCN(c2ccc(Cl)cc2)CC1)C(=O)Nc1ccon1. The molecule has 0 saturated carbocycles. The van der Waals surface area contributed by atoms with Crippen LogP contribution in [0.3, 0.4) is 0 Å². The summed E-state index contributed by atoms with van der Waals surface area (Å²) in [6.07, 6.45) is 1.32. The fourth-order valence-electron chi connectivity index (χ4n) is 2.74. The van der Waals surface area contributed by atoms with Crippen LogP contribution in [0.1, 0.15) is 0 Å². The number of carbonyl (C=O) groups excluding carboxylic acids is 2. The van der Waals surface area contributed by atoms with Crippen LogP contribution in [0.5, 0.6) is 0 Å². The van der Waals surface area contributed by atoms with E-state index in [4.69, 9.17) is 11.6 Å². The minimum absolute atomic E-state index is 0.212. The molecule has 0 atom stereocenters. The number of nitrogens with zero attached hydrogens (tertiary/aromatic N) is 3. The van der Waals surface area contributed by atoms with Gasteiger partial charge in [-0.05, 0) is 24.3 Å². The van der Waals surface area contributed by atoms with Gasteiger partial charge in [-0.3, -0.25) is 19.8 Å². The van der Waals surface area contributed by atoms with Crippen molar-refractivity contribution in [3.63, 3.8) is 0 Å². The van der Waals surface area contributed by atoms with Gasteiger partial charge in [0.05, 0.1) is 0 Å². The molecule has 0 aliphatic carbocycles. The molecule has 1 aliphatic heterocycles. The summed E-state index contributed by atoms with van der Waals surface area (Å²) < 4.78 is 4.59. The van der Waals surface area contributed by atoms with Crippen LogP contribution in [-0.2, 0) is 9.59 Å². The highest BCUT2D eigenvalue weighted by Crippen LogP contribution is 2.19. The highest BCUT2D eigenvalue weighted by molar-refractivity contribution is 6.39. The Balaban J connectivity index is 1.35. The standard InChI is InChI=1S/C17H20ClN5O3/c18-13-1-3-14(4-2-13)23-10-8-22(9-11-23)7-6-19-16(24)17(25)20-15-5-12-26-21-15/h1-5,12H,6-11H2,(H,19,24)(H,20,21,25). The maximum atomic E-state index is 11.8. The molecule has 26 heavy (non-hydrogen) atoms. The number of aromatic nitrogens is 1. The van der Waals surface area contributed by atoms with Gasteiger partial charge in [-0.2, -0.15) is 0 Å². The van der Waals surface area contributed by atoms with E-state index in [1.54, 1.807) is 0 Å². The third kappa shape index (κ3) is 4.96. The monoisotopic (exact) mass is 377 g/mol. The quantitative estimate of drug-likeness (QED) is 0.761. The maximum absolute atomic E-state index is 11.8. The highest BCUT2D eigenvalue weighted by atomic mass is 35.5. The van der Waals surface area contributed by atoms with Gasteiger partial charge in [-0.15, -0.1) is 0 Å². The van der Waals surface area contributed by atoms with Crippen LogP contribution >= 0.6 is 11.6 Å². The molecule has 2 amide bonds. The number of rotatable bonds is 5. The van der Waals surface area contributed by atoms with Gasteiger partial charge in [0, 0.05) is 56.0 Å². The lowest BCUT2D eigenvalue weighted by molar-refractivity contribution is -0.136. The van der Waals surface area contributed by atoms with Gasteiger partial charge in [0.15, 0.2) is 5.82 Å². The smallest absolute Gasteiger partial charge is 0.314 e. The lowest BCUT2D eigenvalue weighted by Gasteiger charge is -2.36. The molecule has 0 unspecified atom stereocenters. The normalized spacial score (nSPS) is 14.9. The number of hydrogen-bond donors (Lipinski definition) is 2. The molecule has 8 nitrogen and oxygen atoms in total. The minimum Gasteiger partial charge on any atom is -0.369 e. The average Bonchev–Trinajstić information content (AvgIpc) is 3.16. The average molecular weight is 378 g/mol. The number of benzene rings is 1. The second-order valence-electron chi connectivity index (χ2n) is 5.90. The predicted molar refractivity (Wildman–Crippen MR) is 98.2 cm³/mol. The number of carbonyl (C=O) groups is 2. The Morgan fingerprint density at radius 2 is 1.81 bits per heavy atom. The zero-order valence-corrected chi connectivity index (χ0v) is 14.9. The molecule has 3 rings (SSSR count). The molecule has 138 valence electrons. The van der Waals surface area contributed by atoms with E-state index in [-0.39, 0.29) is 5.82 Å². The fourth-order valence-corrected chi connectivity index (χ4v) is 2.87. The third-order valence-corrected chi connectivity index (χ3v) is 4.42. The molecule has 1 aromatic carbocycles. The first-order valence-electron chi connectivity index (χ1n) is 8.34. The Labute approximate surface area is 156 Å². The van der Waals surface area contributed by atoms with E-state index in [0.717, 1.165) is 36.9 Å². The van der Waals surface area contributed by atoms with E-state index in [1.165, 1.54) is 12.3 Å². The highest BCUT2D eigenvalue weighted by Gasteiger charge is 2.18. The lowest BCUT2D eigenvalue weighted by Crippen LogP contribution is -2.49. The molecule has 1 saturated heterocycles. The topological polar surface area (TPSA) is 90.7 Å². The molecule has 1 aliphatic rings. The Bertz CT molecular complexity index is 727. The van der Waals surface area contributed by atoms with E-state index in [2.05, 4.69) is 30.1 Å². The van der Waals surface area contributed by atoms with Crippen molar-refractivity contribution >= 4 is 34.9 Å². The summed E-state index contributed by atoms with van der Waals surface area (Å²) in [4.78, 5) is 28.0. The molecule has 1 fully saturated rings. The molecular weight excluding hydrogens is 358 g/mol. The van der Waals surface area contributed by atoms with Gasteiger partial charge >= 0.3 is 11.8 Å². The van der Waals surface area contributed by atoms with Gasteiger partial charge in [0.1, 0.15) is 6.26 Å². The second-order valence-corrected chi connectivity index (χ2v) is 6.34. The second kappa shape index (κ2) is 8.68. The molecule has 2 heterocycles. The molecule has 2 N–H and O–H groups in total. The van der Waals surface area contributed by atoms with Crippen LogP contribution < -0.4 is 15.5 Å². The van der Waals surface area contributed by atoms with Crippen molar-refractivity contribution in [3.05, 3.63) is 41.6 Å². The first-order valence-corrected chi connectivity index (χ1v) is 8.72. The number of nitrogens with one attached hydrogen (secondary N) is 2. The van der Waals surface area contributed by atoms with Gasteiger partial charge in [-0.1, -0.05) is 16.8 Å². The Morgan fingerprint density at radius 1 is 1.08 bits per heavy atom. The van der Waals surface area contributed by atoms with Crippen molar-refractivity contribution in [2.75, 3.05) is 49.5 Å². The molecule has 0 bridgehead atoms. The maximum Gasteiger partial charge on any atom is 0.314 e. The molecule has 0 spiro atoms. The molecule has 9 heteroatoms. The summed E-state index contributed by atoms with van der Waals surface area (Å²) in [5.74, 6) is -1.23. The van der Waals surface area contributed by atoms with E-state index < -0.39 is 11.8 Å². The number of halogens is 1. The van der Waals surface area contributed by atoms with Crippen molar-refractivity contribution in [3.8, 4) is 0 Å². The van der Waals surface area contributed by atoms with Crippen molar-refractivity contribution in [2.24, 2.45) is 0 Å². The van der Waals surface area contributed by atoms with Crippen molar-refractivity contribution in [1.29, 1.82) is 0 Å². The van der Waals surface area contributed by atoms with Crippen LogP contribution in [0.25, 0.3) is 0 Å². The zero-order valence-electron chi connectivity index (χ0n) is 14.2. The van der Waals surface area contributed by atoms with Crippen LogP contribution in [0, 0.1) is 0 Å². The molecule has 1 aromatic heterocycles. The third-order valence-electron chi connectivity index (χ3n) is 4.16. The van der Waals surface area contributed by atoms with Crippen LogP contribution in [0.4, 0.5) is 11.5 Å². The van der Waals surface area contributed by atoms with Crippen molar-refractivity contribution < 1.29 is 14.1 Å². The summed E-state index contributed by atoms with van der Waals surface area (Å²) in [6.45, 7) is 4.70. The van der Waals surface area contributed by atoms with Crippen LogP contribution in [0.2, 0.25) is 5.02 Å². The van der Waals surface area contributed by atoms with Gasteiger partial charge in [0.25, 0.3) is 0 Å². The summed E-state index contributed by atoms with van der Waals surface area (Å²) >= 11 is 5.92. The number of hydrogen-bond acceptors (Lipinski definition) is 6. The summed E-state index contributed by atoms with van der Waals surface area (Å²) in [7, 11) is 0. The van der Waals surface area contributed by atoms with Gasteiger partial charge in [0.2, 0.25) is 0 Å². The van der Waals surface area contributed by atoms with E-state index in [9.17, 15) is 9.59 Å². The number of piperazine rings is 1. The zero-order chi connectivity index (χ0) is 18.4. The van der Waals surface area contributed by atoms with Gasteiger partial charge in [-0.25, -0.2) is 0 Å². The van der Waals surface area contributed by atoms with E-state index >= 15 is 0 Å². The number of anilines is 2. The van der Waals surface area contributed by atoms with E-state index in [0.29, 0.717) is 13.1 Å². The van der Waals surface area contributed by atoms with Crippen LogP contribution in [0.15, 0.2) is 41.1 Å². The summed E-state index contributed by atoms with van der Waals surface area (Å²) in [5.41, 5.74) is 1.16. The molecule has 2 aromatic rings. The first kappa shape index (κ1) is 18.2. The molecule has 0 radical (unpaired) electrons. The first-order chi connectivity index (χ1) is 12.6. The summed E-state index contributed by atoms with van der Waals surface area (Å²) in [6, 6.07) is 9.29. The van der Waals surface area contributed by atoms with Crippen molar-refractivity contribution in [2.45, 2.75) is 0 Å². The van der Waals surface area contributed by atoms with Crippen molar-refractivity contribution in [1.82, 2.24) is 15.4 Å². The fraction of sp³-hybridized carbons (Fsp3) is 0.353. The minimum atomic E-state index is -0.758. The Hall–Kier alpha value is -2.58. The van der Waals surface area contributed by atoms with Crippen LogP contribution in [-0.4, -0.2) is 61.1 Å². The lowest BCUT2D eigenvalue weighted by atomic mass is 10.2. The summed E-state index contributed by atoms with van der Waals surface area (Å²) in [5, 5.41) is 9.22.